The van der Waals surface area contributed by atoms with E-state index in [4.69, 9.17) is 16.3 Å². The molecule has 0 fully saturated rings. The molecule has 0 unspecified atom stereocenters. The van der Waals surface area contributed by atoms with E-state index in [1.54, 1.807) is 42.5 Å². The van der Waals surface area contributed by atoms with Crippen molar-refractivity contribution < 1.29 is 14.3 Å². The number of halogens is 2. The Morgan fingerprint density at radius 2 is 1.79 bits per heavy atom. The van der Waals surface area contributed by atoms with E-state index in [2.05, 4.69) is 26.6 Å². The second kappa shape index (κ2) is 11.5. The lowest BCUT2D eigenvalue weighted by Crippen LogP contribution is -2.20. The molecule has 0 aliphatic heterocycles. The van der Waals surface area contributed by atoms with Crippen LogP contribution in [-0.4, -0.2) is 18.4 Å². The lowest BCUT2D eigenvalue weighted by atomic mass is 10.1. The van der Waals surface area contributed by atoms with Gasteiger partial charge in [-0.2, -0.15) is 5.26 Å². The molecule has 0 heterocycles. The van der Waals surface area contributed by atoms with Crippen molar-refractivity contribution in [1.82, 2.24) is 0 Å². The van der Waals surface area contributed by atoms with E-state index in [-0.39, 0.29) is 18.1 Å². The zero-order valence-electron chi connectivity index (χ0n) is 18.5. The first-order valence-corrected chi connectivity index (χ1v) is 11.4. The van der Waals surface area contributed by atoms with Crippen molar-refractivity contribution in [2.75, 3.05) is 17.2 Å². The van der Waals surface area contributed by atoms with E-state index >= 15 is 0 Å². The molecule has 0 aliphatic carbocycles. The SMILES string of the molecule is Cc1ccc(NC(=O)COc2ccc(/C=C(/C#N)C(=O)Nc3ccc(Cl)cc3)cc2Br)c(C)c1. The Labute approximate surface area is 211 Å². The number of nitriles is 1. The zero-order valence-corrected chi connectivity index (χ0v) is 20.8. The molecule has 0 saturated heterocycles. The van der Waals surface area contributed by atoms with E-state index in [9.17, 15) is 14.9 Å². The predicted octanol–water partition coefficient (Wildman–Crippen LogP) is 6.28. The van der Waals surface area contributed by atoms with Crippen LogP contribution >= 0.6 is 27.5 Å². The molecule has 0 aliphatic rings. The molecule has 6 nitrogen and oxygen atoms in total. The summed E-state index contributed by atoms with van der Waals surface area (Å²) in [6, 6.07) is 19.3. The van der Waals surface area contributed by atoms with E-state index in [1.165, 1.54) is 6.08 Å². The Morgan fingerprint density at radius 1 is 1.06 bits per heavy atom. The number of rotatable bonds is 7. The minimum Gasteiger partial charge on any atom is -0.483 e. The molecule has 3 aromatic rings. The number of hydrogen-bond donors (Lipinski definition) is 2. The van der Waals surface area contributed by atoms with E-state index in [0.717, 1.165) is 16.8 Å². The number of amides is 2. The summed E-state index contributed by atoms with van der Waals surface area (Å²) in [5.74, 6) is -0.366. The van der Waals surface area contributed by atoms with E-state index in [1.807, 2.05) is 38.1 Å². The van der Waals surface area contributed by atoms with Gasteiger partial charge >= 0.3 is 0 Å². The smallest absolute Gasteiger partial charge is 0.266 e. The van der Waals surface area contributed by atoms with Crippen LogP contribution in [0.15, 0.2) is 70.7 Å². The molecule has 8 heteroatoms. The van der Waals surface area contributed by atoms with Gasteiger partial charge in [-0.3, -0.25) is 9.59 Å². The molecule has 34 heavy (non-hydrogen) atoms. The molecule has 2 N–H and O–H groups in total. The van der Waals surface area contributed by atoms with Crippen molar-refractivity contribution in [3.8, 4) is 11.8 Å². The fourth-order valence-electron chi connectivity index (χ4n) is 3.05. The normalized spacial score (nSPS) is 10.9. The van der Waals surface area contributed by atoms with E-state index in [0.29, 0.717) is 26.5 Å². The number of carbonyl (C=O) groups is 2. The fraction of sp³-hybridized carbons (Fsp3) is 0.115. The van der Waals surface area contributed by atoms with Crippen molar-refractivity contribution in [2.24, 2.45) is 0 Å². The topological polar surface area (TPSA) is 91.2 Å². The van der Waals surface area contributed by atoms with Crippen LogP contribution in [0.1, 0.15) is 16.7 Å². The van der Waals surface area contributed by atoms with Gasteiger partial charge in [0.15, 0.2) is 6.61 Å². The highest BCUT2D eigenvalue weighted by molar-refractivity contribution is 9.10. The monoisotopic (exact) mass is 537 g/mol. The fourth-order valence-corrected chi connectivity index (χ4v) is 3.69. The molecule has 3 aromatic carbocycles. The number of benzene rings is 3. The number of anilines is 2. The lowest BCUT2D eigenvalue weighted by molar-refractivity contribution is -0.118. The highest BCUT2D eigenvalue weighted by atomic mass is 79.9. The van der Waals surface area contributed by atoms with Gasteiger partial charge in [-0.25, -0.2) is 0 Å². The highest BCUT2D eigenvalue weighted by Gasteiger charge is 2.12. The molecule has 3 rings (SSSR count). The molecular weight excluding hydrogens is 518 g/mol. The summed E-state index contributed by atoms with van der Waals surface area (Å²) >= 11 is 9.26. The summed E-state index contributed by atoms with van der Waals surface area (Å²) in [5.41, 5.74) is 3.90. The summed E-state index contributed by atoms with van der Waals surface area (Å²) in [6.45, 7) is 3.75. The van der Waals surface area contributed by atoms with Gasteiger partial charge in [0.05, 0.1) is 4.47 Å². The largest absolute Gasteiger partial charge is 0.483 e. The van der Waals surface area contributed by atoms with Crippen molar-refractivity contribution in [3.05, 3.63) is 92.4 Å². The first kappa shape index (κ1) is 25.0. The maximum Gasteiger partial charge on any atom is 0.266 e. The minimum atomic E-state index is -0.538. The van der Waals surface area contributed by atoms with Crippen molar-refractivity contribution in [2.45, 2.75) is 13.8 Å². The summed E-state index contributed by atoms with van der Waals surface area (Å²) < 4.78 is 6.20. The van der Waals surface area contributed by atoms with Crippen LogP contribution in [0.5, 0.6) is 5.75 Å². The van der Waals surface area contributed by atoms with Gasteiger partial charge in [-0.15, -0.1) is 0 Å². The Hall–Kier alpha value is -3.60. The third-order valence-electron chi connectivity index (χ3n) is 4.75. The number of carbonyl (C=O) groups excluding carboxylic acids is 2. The van der Waals surface area contributed by atoms with Gasteiger partial charge in [0, 0.05) is 16.4 Å². The number of ether oxygens (including phenoxy) is 1. The minimum absolute atomic E-state index is 0.0663. The number of aryl methyl sites for hydroxylation is 2. The van der Waals surface area contributed by atoms with Crippen molar-refractivity contribution in [3.63, 3.8) is 0 Å². The second-order valence-corrected chi connectivity index (χ2v) is 8.77. The third kappa shape index (κ3) is 6.95. The van der Waals surface area contributed by atoms with Crippen LogP contribution < -0.4 is 15.4 Å². The highest BCUT2D eigenvalue weighted by Crippen LogP contribution is 2.27. The van der Waals surface area contributed by atoms with Gasteiger partial charge in [-0.05, 0) is 89.4 Å². The quantitative estimate of drug-likeness (QED) is 0.273. The van der Waals surface area contributed by atoms with Crippen LogP contribution in [0, 0.1) is 25.2 Å². The average molecular weight is 539 g/mol. The lowest BCUT2D eigenvalue weighted by Gasteiger charge is -2.11. The molecule has 0 radical (unpaired) electrons. The van der Waals surface area contributed by atoms with Gasteiger partial charge < -0.3 is 15.4 Å². The summed E-state index contributed by atoms with van der Waals surface area (Å²) in [5, 5.41) is 15.5. The Bertz CT molecular complexity index is 1300. The Balaban J connectivity index is 1.63. The zero-order chi connectivity index (χ0) is 24.7. The van der Waals surface area contributed by atoms with Gasteiger partial charge in [0.2, 0.25) is 0 Å². The molecule has 0 spiro atoms. The van der Waals surface area contributed by atoms with Crippen molar-refractivity contribution >= 4 is 56.8 Å². The average Bonchev–Trinajstić information content (AvgIpc) is 2.80. The maximum atomic E-state index is 12.4. The molecule has 0 atom stereocenters. The van der Waals surface area contributed by atoms with Crippen LogP contribution in [-0.2, 0) is 9.59 Å². The van der Waals surface area contributed by atoms with Gasteiger partial charge in [0.1, 0.15) is 17.4 Å². The van der Waals surface area contributed by atoms with Crippen LogP contribution in [0.25, 0.3) is 6.08 Å². The number of nitrogens with zero attached hydrogens (tertiary/aromatic N) is 1. The van der Waals surface area contributed by atoms with Gasteiger partial charge in [0.25, 0.3) is 11.8 Å². The maximum absolute atomic E-state index is 12.4. The second-order valence-electron chi connectivity index (χ2n) is 7.48. The van der Waals surface area contributed by atoms with Crippen LogP contribution in [0.3, 0.4) is 0 Å². The summed E-state index contributed by atoms with van der Waals surface area (Å²) in [6.07, 6.45) is 1.46. The standard InChI is InChI=1S/C26H21BrClN3O3/c1-16-3-9-23(17(2)11-16)31-25(32)15-34-24-10-4-18(13-22(24)27)12-19(14-29)26(33)30-21-7-5-20(28)6-8-21/h3-13H,15H2,1-2H3,(H,30,33)(H,31,32)/b19-12-. The van der Waals surface area contributed by atoms with Crippen molar-refractivity contribution in [1.29, 1.82) is 5.26 Å². The molecule has 0 saturated carbocycles. The van der Waals surface area contributed by atoms with Crippen LogP contribution in [0.2, 0.25) is 5.02 Å². The Kier molecular flexibility index (Phi) is 8.47. The predicted molar refractivity (Wildman–Crippen MR) is 138 cm³/mol. The molecule has 0 aromatic heterocycles. The number of hydrogen-bond acceptors (Lipinski definition) is 4. The summed E-state index contributed by atoms with van der Waals surface area (Å²) in [7, 11) is 0. The molecule has 2 amide bonds. The summed E-state index contributed by atoms with van der Waals surface area (Å²) in [4.78, 5) is 24.7. The first-order valence-electron chi connectivity index (χ1n) is 10.2. The van der Waals surface area contributed by atoms with Gasteiger partial charge in [-0.1, -0.05) is 35.4 Å². The molecule has 172 valence electrons. The Morgan fingerprint density at radius 3 is 2.44 bits per heavy atom. The molecule has 0 bridgehead atoms. The number of nitrogens with one attached hydrogen (secondary N) is 2. The third-order valence-corrected chi connectivity index (χ3v) is 5.62. The molecular formula is C26H21BrClN3O3. The first-order chi connectivity index (χ1) is 16.2. The van der Waals surface area contributed by atoms with Crippen LogP contribution in [0.4, 0.5) is 11.4 Å². The van der Waals surface area contributed by atoms with E-state index < -0.39 is 5.91 Å².